The summed E-state index contributed by atoms with van der Waals surface area (Å²) >= 11 is 0. The predicted molar refractivity (Wildman–Crippen MR) is 48.8 cm³/mol. The van der Waals surface area contributed by atoms with Crippen LogP contribution in [-0.2, 0) is 6.54 Å². The maximum atomic E-state index is 3.87. The molecular formula is C8H16N4. The van der Waals surface area contributed by atoms with Gasteiger partial charge in [-0.3, -0.25) is 5.10 Å². The monoisotopic (exact) mass is 168 g/mol. The van der Waals surface area contributed by atoms with Crippen molar-refractivity contribution >= 4 is 0 Å². The van der Waals surface area contributed by atoms with Crippen LogP contribution in [0.4, 0.5) is 0 Å². The molecule has 1 atom stereocenters. The minimum Gasteiger partial charge on any atom is -0.318 e. The van der Waals surface area contributed by atoms with E-state index in [0.717, 1.165) is 18.8 Å². The van der Waals surface area contributed by atoms with Crippen LogP contribution in [0.2, 0.25) is 0 Å². The number of hydrogen-bond donors (Lipinski definition) is 3. The molecule has 1 aromatic rings. The zero-order valence-electron chi connectivity index (χ0n) is 7.59. The van der Waals surface area contributed by atoms with Crippen molar-refractivity contribution < 1.29 is 0 Å². The summed E-state index contributed by atoms with van der Waals surface area (Å²) in [5.74, 6) is 0. The van der Waals surface area contributed by atoms with E-state index < -0.39 is 0 Å². The largest absolute Gasteiger partial charge is 0.318 e. The standard InChI is InChI=1S/C8H16N4/c1-7(5-9-2)10-6-8-3-4-11-12-8/h3-4,7,9-10H,5-6H2,1-2H3,(H,11,12). The molecule has 68 valence electrons. The quantitative estimate of drug-likeness (QED) is 0.585. The number of nitrogens with zero attached hydrogens (tertiary/aromatic N) is 1. The molecule has 0 aliphatic carbocycles. The molecule has 0 fully saturated rings. The van der Waals surface area contributed by atoms with Gasteiger partial charge in [0.25, 0.3) is 0 Å². The van der Waals surface area contributed by atoms with Crippen LogP contribution < -0.4 is 10.6 Å². The summed E-state index contributed by atoms with van der Waals surface area (Å²) in [7, 11) is 1.95. The number of aromatic nitrogens is 2. The van der Waals surface area contributed by atoms with Crippen molar-refractivity contribution in [1.82, 2.24) is 20.8 Å². The van der Waals surface area contributed by atoms with E-state index in [0.29, 0.717) is 6.04 Å². The first kappa shape index (κ1) is 9.22. The molecule has 0 aromatic carbocycles. The van der Waals surface area contributed by atoms with Crippen molar-refractivity contribution in [3.8, 4) is 0 Å². The fraction of sp³-hybridized carbons (Fsp3) is 0.625. The normalized spacial score (nSPS) is 13.2. The Balaban J connectivity index is 2.17. The van der Waals surface area contributed by atoms with Gasteiger partial charge in [0.2, 0.25) is 0 Å². The van der Waals surface area contributed by atoms with Gasteiger partial charge in [-0.05, 0) is 20.0 Å². The molecule has 0 bridgehead atoms. The summed E-state index contributed by atoms with van der Waals surface area (Å²) in [6, 6.07) is 2.46. The van der Waals surface area contributed by atoms with Gasteiger partial charge < -0.3 is 10.6 Å². The first-order valence-corrected chi connectivity index (χ1v) is 4.19. The van der Waals surface area contributed by atoms with E-state index in [1.807, 2.05) is 13.1 Å². The molecule has 0 amide bonds. The number of rotatable bonds is 5. The highest BCUT2D eigenvalue weighted by molar-refractivity contribution is 4.96. The summed E-state index contributed by atoms with van der Waals surface area (Å²) in [4.78, 5) is 0. The van der Waals surface area contributed by atoms with Gasteiger partial charge in [0.05, 0.1) is 0 Å². The molecule has 1 unspecified atom stereocenters. The average Bonchev–Trinajstić information content (AvgIpc) is 2.53. The maximum Gasteiger partial charge on any atom is 0.0490 e. The third-order valence-corrected chi connectivity index (χ3v) is 1.71. The van der Waals surface area contributed by atoms with Gasteiger partial charge in [-0.15, -0.1) is 0 Å². The van der Waals surface area contributed by atoms with E-state index in [9.17, 15) is 0 Å². The lowest BCUT2D eigenvalue weighted by Gasteiger charge is -2.11. The Morgan fingerprint density at radius 3 is 3.08 bits per heavy atom. The highest BCUT2D eigenvalue weighted by atomic mass is 15.1. The van der Waals surface area contributed by atoms with E-state index in [4.69, 9.17) is 0 Å². The SMILES string of the molecule is CNCC(C)NCc1ccn[nH]1. The molecule has 0 aliphatic heterocycles. The predicted octanol–water partition coefficient (Wildman–Crippen LogP) is 0.107. The van der Waals surface area contributed by atoms with E-state index in [-0.39, 0.29) is 0 Å². The number of hydrogen-bond acceptors (Lipinski definition) is 3. The summed E-state index contributed by atoms with van der Waals surface area (Å²) in [6.07, 6.45) is 1.76. The average molecular weight is 168 g/mol. The van der Waals surface area contributed by atoms with Crippen LogP contribution >= 0.6 is 0 Å². The zero-order valence-corrected chi connectivity index (χ0v) is 7.59. The first-order chi connectivity index (χ1) is 5.83. The second-order valence-corrected chi connectivity index (χ2v) is 2.92. The second-order valence-electron chi connectivity index (χ2n) is 2.92. The van der Waals surface area contributed by atoms with Gasteiger partial charge in [0, 0.05) is 31.0 Å². The van der Waals surface area contributed by atoms with E-state index in [2.05, 4.69) is 27.8 Å². The van der Waals surface area contributed by atoms with Crippen molar-refractivity contribution in [2.45, 2.75) is 19.5 Å². The minimum atomic E-state index is 0.485. The van der Waals surface area contributed by atoms with Crippen molar-refractivity contribution in [1.29, 1.82) is 0 Å². The first-order valence-electron chi connectivity index (χ1n) is 4.19. The topological polar surface area (TPSA) is 52.7 Å². The van der Waals surface area contributed by atoms with E-state index in [1.54, 1.807) is 6.20 Å². The molecule has 1 aromatic heterocycles. The molecule has 0 aliphatic rings. The van der Waals surface area contributed by atoms with Gasteiger partial charge in [-0.1, -0.05) is 0 Å². The highest BCUT2D eigenvalue weighted by Gasteiger charge is 1.99. The van der Waals surface area contributed by atoms with E-state index >= 15 is 0 Å². The van der Waals surface area contributed by atoms with Crippen molar-refractivity contribution in [2.24, 2.45) is 0 Å². The van der Waals surface area contributed by atoms with Crippen LogP contribution in [0.1, 0.15) is 12.6 Å². The maximum absolute atomic E-state index is 3.87. The fourth-order valence-electron chi connectivity index (χ4n) is 1.05. The lowest BCUT2D eigenvalue weighted by atomic mass is 10.3. The highest BCUT2D eigenvalue weighted by Crippen LogP contribution is 1.90. The summed E-state index contributed by atoms with van der Waals surface area (Å²) in [5, 5.41) is 13.2. The van der Waals surface area contributed by atoms with Crippen LogP contribution in [0.5, 0.6) is 0 Å². The van der Waals surface area contributed by atoms with Crippen LogP contribution in [0.3, 0.4) is 0 Å². The molecular weight excluding hydrogens is 152 g/mol. The Hall–Kier alpha value is -0.870. The molecule has 4 nitrogen and oxygen atoms in total. The molecule has 3 N–H and O–H groups in total. The molecule has 1 heterocycles. The Bertz CT molecular complexity index is 195. The molecule has 4 heteroatoms. The molecule has 12 heavy (non-hydrogen) atoms. The lowest BCUT2D eigenvalue weighted by Crippen LogP contribution is -2.34. The Morgan fingerprint density at radius 2 is 2.50 bits per heavy atom. The Morgan fingerprint density at radius 1 is 1.67 bits per heavy atom. The van der Waals surface area contributed by atoms with Crippen molar-refractivity contribution in [2.75, 3.05) is 13.6 Å². The van der Waals surface area contributed by atoms with Crippen LogP contribution in [0.25, 0.3) is 0 Å². The third-order valence-electron chi connectivity index (χ3n) is 1.71. The van der Waals surface area contributed by atoms with Crippen molar-refractivity contribution in [3.63, 3.8) is 0 Å². The summed E-state index contributed by atoms with van der Waals surface area (Å²) < 4.78 is 0. The molecule has 0 radical (unpaired) electrons. The smallest absolute Gasteiger partial charge is 0.0490 e. The third kappa shape index (κ3) is 3.02. The molecule has 0 spiro atoms. The van der Waals surface area contributed by atoms with Crippen molar-refractivity contribution in [3.05, 3.63) is 18.0 Å². The van der Waals surface area contributed by atoms with Crippen LogP contribution in [0, 0.1) is 0 Å². The summed E-state index contributed by atoms with van der Waals surface area (Å²) in [6.45, 7) is 3.98. The number of aromatic amines is 1. The molecule has 0 saturated carbocycles. The molecule has 1 rings (SSSR count). The van der Waals surface area contributed by atoms with E-state index in [1.165, 1.54) is 0 Å². The number of nitrogens with one attached hydrogen (secondary N) is 3. The molecule has 0 saturated heterocycles. The Labute approximate surface area is 72.8 Å². The van der Waals surface area contributed by atoms with Crippen LogP contribution in [-0.4, -0.2) is 29.8 Å². The van der Waals surface area contributed by atoms with Crippen LogP contribution in [0.15, 0.2) is 12.3 Å². The zero-order chi connectivity index (χ0) is 8.81. The Kier molecular flexibility index (Phi) is 3.76. The number of likely N-dealkylation sites (N-methyl/N-ethyl adjacent to an activating group) is 1. The van der Waals surface area contributed by atoms with Gasteiger partial charge in [0.1, 0.15) is 0 Å². The van der Waals surface area contributed by atoms with Gasteiger partial charge in [0.15, 0.2) is 0 Å². The number of H-pyrrole nitrogens is 1. The van der Waals surface area contributed by atoms with Gasteiger partial charge in [-0.25, -0.2) is 0 Å². The van der Waals surface area contributed by atoms with Gasteiger partial charge in [-0.2, -0.15) is 5.10 Å². The van der Waals surface area contributed by atoms with Gasteiger partial charge >= 0.3 is 0 Å². The second kappa shape index (κ2) is 4.90. The summed E-state index contributed by atoms with van der Waals surface area (Å²) in [5.41, 5.74) is 1.12. The lowest BCUT2D eigenvalue weighted by molar-refractivity contribution is 0.518. The fourth-order valence-corrected chi connectivity index (χ4v) is 1.05. The minimum absolute atomic E-state index is 0.485.